The van der Waals surface area contributed by atoms with Crippen molar-refractivity contribution in [2.24, 2.45) is 7.05 Å². The number of alkyl halides is 3. The van der Waals surface area contributed by atoms with E-state index in [2.05, 4.69) is 15.1 Å². The smallest absolute Gasteiger partial charge is 0.253 e. The Labute approximate surface area is 114 Å². The lowest BCUT2D eigenvalue weighted by molar-refractivity contribution is -0.144. The summed E-state index contributed by atoms with van der Waals surface area (Å²) in [5, 5.41) is 3.39. The molecule has 20 heavy (non-hydrogen) atoms. The highest BCUT2D eigenvalue weighted by Gasteiger charge is 2.37. The molecule has 0 aliphatic heterocycles. The van der Waals surface area contributed by atoms with E-state index in [1.165, 1.54) is 7.05 Å². The van der Waals surface area contributed by atoms with E-state index < -0.39 is 12.0 Å². The van der Waals surface area contributed by atoms with Crippen LogP contribution in [-0.4, -0.2) is 19.7 Å². The fraction of sp³-hybridized carbons (Fsp3) is 0.462. The average molecular weight is 284 g/mol. The second-order valence-corrected chi connectivity index (χ2v) is 5.56. The van der Waals surface area contributed by atoms with Gasteiger partial charge in [0.05, 0.1) is 0 Å². The van der Waals surface area contributed by atoms with Crippen LogP contribution in [0.25, 0.3) is 11.5 Å². The van der Waals surface area contributed by atoms with Crippen LogP contribution in [0.1, 0.15) is 32.2 Å². The van der Waals surface area contributed by atoms with E-state index in [9.17, 15) is 13.2 Å². The lowest BCUT2D eigenvalue weighted by atomic mass is 9.87. The first-order chi connectivity index (χ1) is 9.09. The van der Waals surface area contributed by atoms with Crippen LogP contribution >= 0.6 is 0 Å². The second kappa shape index (κ2) is 4.57. The highest BCUT2D eigenvalue weighted by atomic mass is 19.4. The summed E-state index contributed by atoms with van der Waals surface area (Å²) in [6, 6.07) is 3.58. The molecule has 7 heteroatoms. The van der Waals surface area contributed by atoms with Gasteiger partial charge < -0.3 is 0 Å². The zero-order valence-electron chi connectivity index (χ0n) is 11.7. The molecule has 0 aliphatic rings. The van der Waals surface area contributed by atoms with Gasteiger partial charge in [-0.15, -0.1) is 5.10 Å². The van der Waals surface area contributed by atoms with Crippen LogP contribution < -0.4 is 0 Å². The Kier molecular flexibility index (Phi) is 3.31. The summed E-state index contributed by atoms with van der Waals surface area (Å²) in [6.07, 6.45) is -2.99. The molecule has 0 aromatic carbocycles. The first-order valence-electron chi connectivity index (χ1n) is 6.04. The number of halogens is 3. The van der Waals surface area contributed by atoms with E-state index in [1.807, 2.05) is 26.8 Å². The lowest BCUT2D eigenvalue weighted by Crippen LogP contribution is -2.11. The highest BCUT2D eigenvalue weighted by molar-refractivity contribution is 5.51. The van der Waals surface area contributed by atoms with E-state index >= 15 is 0 Å². The molecule has 0 radical (unpaired) electrons. The Morgan fingerprint density at radius 2 is 1.80 bits per heavy atom. The predicted molar refractivity (Wildman–Crippen MR) is 67.9 cm³/mol. The summed E-state index contributed by atoms with van der Waals surface area (Å²) in [6.45, 7) is 6.05. The monoisotopic (exact) mass is 284 g/mol. The largest absolute Gasteiger partial charge is 0.453 e. The SMILES string of the molecule is Cn1nc(C(F)(F)F)nc1-c1cc(C(C)(C)C)ccn1. The zero-order chi connectivity index (χ0) is 15.1. The van der Waals surface area contributed by atoms with E-state index in [4.69, 9.17) is 0 Å². The predicted octanol–water partition coefficient (Wildman–Crippen LogP) is 3.19. The third-order valence-electron chi connectivity index (χ3n) is 2.87. The van der Waals surface area contributed by atoms with Gasteiger partial charge in [-0.05, 0) is 23.1 Å². The molecule has 0 amide bonds. The van der Waals surface area contributed by atoms with Crippen molar-refractivity contribution in [1.29, 1.82) is 0 Å². The normalized spacial score (nSPS) is 12.8. The van der Waals surface area contributed by atoms with E-state index in [0.717, 1.165) is 10.2 Å². The molecule has 0 bridgehead atoms. The van der Waals surface area contributed by atoms with Crippen molar-refractivity contribution < 1.29 is 13.2 Å². The van der Waals surface area contributed by atoms with Crippen LogP contribution in [0.15, 0.2) is 18.3 Å². The minimum Gasteiger partial charge on any atom is -0.253 e. The number of hydrogen-bond donors (Lipinski definition) is 0. The third kappa shape index (κ3) is 2.81. The Morgan fingerprint density at radius 3 is 2.30 bits per heavy atom. The van der Waals surface area contributed by atoms with Gasteiger partial charge in [0.1, 0.15) is 5.69 Å². The van der Waals surface area contributed by atoms with Crippen molar-refractivity contribution >= 4 is 0 Å². The first-order valence-corrected chi connectivity index (χ1v) is 6.04. The van der Waals surface area contributed by atoms with Gasteiger partial charge in [-0.1, -0.05) is 20.8 Å². The van der Waals surface area contributed by atoms with Crippen LogP contribution in [0.2, 0.25) is 0 Å². The van der Waals surface area contributed by atoms with Gasteiger partial charge in [-0.2, -0.15) is 13.2 Å². The Bertz CT molecular complexity index is 623. The number of nitrogens with zero attached hydrogens (tertiary/aromatic N) is 4. The molecule has 0 unspecified atom stereocenters. The number of pyridine rings is 1. The first kappa shape index (κ1) is 14.5. The Morgan fingerprint density at radius 1 is 1.15 bits per heavy atom. The van der Waals surface area contributed by atoms with Gasteiger partial charge in [0, 0.05) is 13.2 Å². The van der Waals surface area contributed by atoms with Gasteiger partial charge in [0.15, 0.2) is 5.82 Å². The quantitative estimate of drug-likeness (QED) is 0.807. The molecule has 0 atom stereocenters. The van der Waals surface area contributed by atoms with Crippen LogP contribution in [0.5, 0.6) is 0 Å². The lowest BCUT2D eigenvalue weighted by Gasteiger charge is -2.19. The maximum atomic E-state index is 12.6. The minimum absolute atomic E-state index is 0.100. The molecule has 108 valence electrons. The fourth-order valence-electron chi connectivity index (χ4n) is 1.75. The van der Waals surface area contributed by atoms with Crippen molar-refractivity contribution in [2.45, 2.75) is 32.4 Å². The van der Waals surface area contributed by atoms with Crippen molar-refractivity contribution in [3.05, 3.63) is 29.7 Å². The molecule has 0 fully saturated rings. The molecule has 0 saturated carbocycles. The van der Waals surface area contributed by atoms with Gasteiger partial charge >= 0.3 is 6.18 Å². The van der Waals surface area contributed by atoms with Gasteiger partial charge in [0.25, 0.3) is 5.82 Å². The summed E-state index contributed by atoms with van der Waals surface area (Å²) < 4.78 is 38.9. The van der Waals surface area contributed by atoms with Gasteiger partial charge in [0.2, 0.25) is 0 Å². The van der Waals surface area contributed by atoms with Crippen molar-refractivity contribution in [2.75, 3.05) is 0 Å². The van der Waals surface area contributed by atoms with E-state index in [-0.39, 0.29) is 11.2 Å². The Balaban J connectivity index is 2.50. The maximum absolute atomic E-state index is 12.6. The molecule has 2 aromatic heterocycles. The van der Waals surface area contributed by atoms with Crippen molar-refractivity contribution in [3.8, 4) is 11.5 Å². The molecule has 2 heterocycles. The van der Waals surface area contributed by atoms with Crippen LogP contribution in [0.3, 0.4) is 0 Å². The van der Waals surface area contributed by atoms with Crippen LogP contribution in [0, 0.1) is 0 Å². The number of hydrogen-bond acceptors (Lipinski definition) is 3. The van der Waals surface area contributed by atoms with Crippen LogP contribution in [0.4, 0.5) is 13.2 Å². The summed E-state index contributed by atoms with van der Waals surface area (Å²) in [5.74, 6) is -1.05. The molecular formula is C13H15F3N4. The second-order valence-electron chi connectivity index (χ2n) is 5.56. The number of rotatable bonds is 1. The topological polar surface area (TPSA) is 43.6 Å². The summed E-state index contributed by atoms with van der Waals surface area (Å²) in [7, 11) is 1.42. The minimum atomic E-state index is -4.56. The summed E-state index contributed by atoms with van der Waals surface area (Å²) >= 11 is 0. The third-order valence-corrected chi connectivity index (χ3v) is 2.87. The molecular weight excluding hydrogens is 269 g/mol. The molecule has 2 aromatic rings. The van der Waals surface area contributed by atoms with Crippen LogP contribution in [-0.2, 0) is 18.6 Å². The molecule has 2 rings (SSSR count). The molecule has 4 nitrogen and oxygen atoms in total. The van der Waals surface area contributed by atoms with Crippen molar-refractivity contribution in [3.63, 3.8) is 0 Å². The molecule has 0 saturated heterocycles. The summed E-state index contributed by atoms with van der Waals surface area (Å²) in [5.41, 5.74) is 1.23. The van der Waals surface area contributed by atoms with Gasteiger partial charge in [-0.25, -0.2) is 9.67 Å². The molecule has 0 aliphatic carbocycles. The summed E-state index contributed by atoms with van der Waals surface area (Å²) in [4.78, 5) is 7.63. The van der Waals surface area contributed by atoms with E-state index in [1.54, 1.807) is 12.3 Å². The Hall–Kier alpha value is -1.92. The van der Waals surface area contributed by atoms with E-state index in [0.29, 0.717) is 5.69 Å². The maximum Gasteiger partial charge on any atom is 0.453 e. The standard InChI is InChI=1S/C13H15F3N4/c1-12(2,3)8-5-6-17-9(7-8)10-18-11(13(14,15)16)19-20(10)4/h5-7H,1-4H3. The molecule has 0 spiro atoms. The zero-order valence-corrected chi connectivity index (χ0v) is 11.7. The average Bonchev–Trinajstić information content (AvgIpc) is 2.70. The highest BCUT2D eigenvalue weighted by Crippen LogP contribution is 2.29. The van der Waals surface area contributed by atoms with Crippen molar-refractivity contribution in [1.82, 2.24) is 19.7 Å². The van der Waals surface area contributed by atoms with Gasteiger partial charge in [-0.3, -0.25) is 4.98 Å². The number of aromatic nitrogens is 4. The molecule has 0 N–H and O–H groups in total. The fourth-order valence-corrected chi connectivity index (χ4v) is 1.75. The number of aryl methyl sites for hydroxylation is 1.